The summed E-state index contributed by atoms with van der Waals surface area (Å²) in [5, 5.41) is 3.63. The SMILES string of the molecule is COC(=O)[C@H](c1ccc(Br)cc1)[C@@H]1NCC[C@H]1O[Si](C)(C)C(C)(C)C. The fourth-order valence-electron chi connectivity index (χ4n) is 3.01. The monoisotopic (exact) mass is 427 g/mol. The average molecular weight is 428 g/mol. The van der Waals surface area contributed by atoms with Crippen molar-refractivity contribution in [2.75, 3.05) is 13.7 Å². The van der Waals surface area contributed by atoms with Crippen molar-refractivity contribution in [3.63, 3.8) is 0 Å². The molecule has 1 heterocycles. The Kier molecular flexibility index (Phi) is 6.52. The van der Waals surface area contributed by atoms with Crippen LogP contribution >= 0.6 is 15.9 Å². The Bertz CT molecular complexity index is 598. The first-order chi connectivity index (χ1) is 11.6. The van der Waals surface area contributed by atoms with Gasteiger partial charge in [-0.1, -0.05) is 48.8 Å². The van der Waals surface area contributed by atoms with E-state index in [4.69, 9.17) is 9.16 Å². The van der Waals surface area contributed by atoms with Crippen LogP contribution in [-0.2, 0) is 14.0 Å². The quantitative estimate of drug-likeness (QED) is 0.556. The number of carbonyl (C=O) groups excluding carboxylic acids is 1. The molecule has 1 N–H and O–H groups in total. The number of esters is 1. The second-order valence-electron chi connectivity index (χ2n) is 8.24. The van der Waals surface area contributed by atoms with Crippen LogP contribution in [0.3, 0.4) is 0 Å². The van der Waals surface area contributed by atoms with Crippen LogP contribution in [0.4, 0.5) is 0 Å². The van der Waals surface area contributed by atoms with Crippen molar-refractivity contribution in [3.05, 3.63) is 34.3 Å². The van der Waals surface area contributed by atoms with Gasteiger partial charge in [-0.25, -0.2) is 0 Å². The van der Waals surface area contributed by atoms with E-state index in [9.17, 15) is 4.79 Å². The molecule has 1 aromatic rings. The maximum Gasteiger partial charge on any atom is 0.314 e. The van der Waals surface area contributed by atoms with E-state index in [-0.39, 0.29) is 29.1 Å². The van der Waals surface area contributed by atoms with Gasteiger partial charge in [0.1, 0.15) is 0 Å². The minimum absolute atomic E-state index is 0.0219. The zero-order chi connectivity index (χ0) is 18.8. The molecule has 140 valence electrons. The van der Waals surface area contributed by atoms with Gasteiger partial charge in [0, 0.05) is 10.5 Å². The molecule has 1 aliphatic heterocycles. The van der Waals surface area contributed by atoms with Crippen LogP contribution in [0.25, 0.3) is 0 Å². The van der Waals surface area contributed by atoms with Crippen LogP contribution in [0.15, 0.2) is 28.7 Å². The third kappa shape index (κ3) is 4.73. The molecule has 0 radical (unpaired) electrons. The van der Waals surface area contributed by atoms with Gasteiger partial charge in [-0.05, 0) is 48.8 Å². The molecule has 25 heavy (non-hydrogen) atoms. The molecule has 1 aliphatic rings. The Hall–Kier alpha value is -0.693. The van der Waals surface area contributed by atoms with Gasteiger partial charge in [-0.2, -0.15) is 0 Å². The summed E-state index contributed by atoms with van der Waals surface area (Å²) in [7, 11) is -0.461. The van der Waals surface area contributed by atoms with Gasteiger partial charge in [0.15, 0.2) is 8.32 Å². The lowest BCUT2D eigenvalue weighted by Crippen LogP contribution is -2.49. The van der Waals surface area contributed by atoms with Crippen LogP contribution in [0, 0.1) is 0 Å². The average Bonchev–Trinajstić information content (AvgIpc) is 2.95. The molecule has 0 saturated carbocycles. The summed E-state index contributed by atoms with van der Waals surface area (Å²) in [6.07, 6.45) is 0.940. The molecule has 4 nitrogen and oxygen atoms in total. The zero-order valence-corrected chi connectivity index (χ0v) is 18.6. The smallest absolute Gasteiger partial charge is 0.314 e. The molecule has 0 spiro atoms. The Balaban J connectivity index is 2.30. The van der Waals surface area contributed by atoms with E-state index < -0.39 is 8.32 Å². The minimum atomic E-state index is -1.91. The van der Waals surface area contributed by atoms with Gasteiger partial charge in [0.25, 0.3) is 0 Å². The highest BCUT2D eigenvalue weighted by Gasteiger charge is 2.45. The molecule has 3 atom stereocenters. The fraction of sp³-hybridized carbons (Fsp3) is 0.632. The molecule has 0 bridgehead atoms. The largest absolute Gasteiger partial charge is 0.469 e. The van der Waals surface area contributed by atoms with E-state index in [1.807, 2.05) is 24.3 Å². The Morgan fingerprint density at radius 2 is 1.88 bits per heavy atom. The van der Waals surface area contributed by atoms with Crippen molar-refractivity contribution in [3.8, 4) is 0 Å². The van der Waals surface area contributed by atoms with Crippen molar-refractivity contribution in [2.45, 2.75) is 63.4 Å². The Morgan fingerprint density at radius 3 is 2.40 bits per heavy atom. The van der Waals surface area contributed by atoms with E-state index in [1.165, 1.54) is 7.11 Å². The first-order valence-electron chi connectivity index (χ1n) is 8.81. The molecule has 0 aromatic heterocycles. The maximum absolute atomic E-state index is 12.6. The van der Waals surface area contributed by atoms with Gasteiger partial charge in [-0.3, -0.25) is 4.79 Å². The minimum Gasteiger partial charge on any atom is -0.469 e. The highest BCUT2D eigenvalue weighted by Crippen LogP contribution is 2.40. The van der Waals surface area contributed by atoms with Crippen molar-refractivity contribution >= 4 is 30.2 Å². The van der Waals surface area contributed by atoms with Crippen LogP contribution in [-0.4, -0.2) is 40.1 Å². The second-order valence-corrected chi connectivity index (χ2v) is 13.9. The van der Waals surface area contributed by atoms with E-state index in [0.29, 0.717) is 0 Å². The molecular weight excluding hydrogens is 398 g/mol. The van der Waals surface area contributed by atoms with Crippen LogP contribution in [0.2, 0.25) is 18.1 Å². The topological polar surface area (TPSA) is 47.6 Å². The van der Waals surface area contributed by atoms with Crippen molar-refractivity contribution < 1.29 is 14.0 Å². The molecule has 0 unspecified atom stereocenters. The van der Waals surface area contributed by atoms with Crippen LogP contribution < -0.4 is 5.32 Å². The Morgan fingerprint density at radius 1 is 1.28 bits per heavy atom. The summed E-state index contributed by atoms with van der Waals surface area (Å²) in [6, 6.07) is 7.82. The van der Waals surface area contributed by atoms with Crippen LogP contribution in [0.5, 0.6) is 0 Å². The first kappa shape index (κ1) is 20.6. The van der Waals surface area contributed by atoms with Gasteiger partial charge >= 0.3 is 5.97 Å². The number of ether oxygens (including phenoxy) is 1. The summed E-state index contributed by atoms with van der Waals surface area (Å²) in [5.74, 6) is -0.582. The molecule has 1 aromatic carbocycles. The number of rotatable bonds is 5. The lowest BCUT2D eigenvalue weighted by Gasteiger charge is -2.40. The lowest BCUT2D eigenvalue weighted by molar-refractivity contribution is -0.143. The van der Waals surface area contributed by atoms with Crippen LogP contribution in [0.1, 0.15) is 38.7 Å². The summed E-state index contributed by atoms with van der Waals surface area (Å²) in [5.41, 5.74) is 0.957. The summed E-state index contributed by atoms with van der Waals surface area (Å²) >= 11 is 3.45. The first-order valence-corrected chi connectivity index (χ1v) is 12.5. The van der Waals surface area contributed by atoms with Crippen molar-refractivity contribution in [2.24, 2.45) is 0 Å². The third-order valence-corrected chi connectivity index (χ3v) is 10.5. The summed E-state index contributed by atoms with van der Waals surface area (Å²) < 4.78 is 12.8. The van der Waals surface area contributed by atoms with E-state index in [1.54, 1.807) is 0 Å². The van der Waals surface area contributed by atoms with Gasteiger partial charge < -0.3 is 14.5 Å². The number of nitrogens with one attached hydrogen (secondary N) is 1. The standard InChI is InChI=1S/C19H30BrNO3Si/c1-19(2,3)25(5,6)24-15-11-12-21-17(15)16(18(22)23-4)13-7-9-14(20)10-8-13/h7-10,15-17,21H,11-12H2,1-6H3/t15-,16-,17-/m1/s1. The van der Waals surface area contributed by atoms with E-state index >= 15 is 0 Å². The highest BCUT2D eigenvalue weighted by atomic mass is 79.9. The molecular formula is C19H30BrNO3Si. The highest BCUT2D eigenvalue weighted by molar-refractivity contribution is 9.10. The van der Waals surface area contributed by atoms with Gasteiger partial charge in [0.2, 0.25) is 0 Å². The fourth-order valence-corrected chi connectivity index (χ4v) is 4.65. The number of hydrogen-bond acceptors (Lipinski definition) is 4. The van der Waals surface area contributed by atoms with Gasteiger partial charge in [-0.15, -0.1) is 0 Å². The van der Waals surface area contributed by atoms with Gasteiger partial charge in [0.05, 0.1) is 19.1 Å². The predicted octanol–water partition coefficient (Wildman–Crippen LogP) is 4.46. The van der Waals surface area contributed by atoms with E-state index in [0.717, 1.165) is 23.0 Å². The number of methoxy groups -OCH3 is 1. The lowest BCUT2D eigenvalue weighted by atomic mass is 9.89. The Labute approximate surface area is 160 Å². The molecule has 6 heteroatoms. The van der Waals surface area contributed by atoms with Crippen molar-refractivity contribution in [1.29, 1.82) is 0 Å². The normalized spacial score (nSPS) is 22.7. The van der Waals surface area contributed by atoms with Crippen molar-refractivity contribution in [1.82, 2.24) is 5.32 Å². The predicted molar refractivity (Wildman–Crippen MR) is 107 cm³/mol. The molecule has 1 fully saturated rings. The molecule has 0 aliphatic carbocycles. The molecule has 2 rings (SSSR count). The molecule has 1 saturated heterocycles. The summed E-state index contributed by atoms with van der Waals surface area (Å²) in [4.78, 5) is 12.6. The zero-order valence-electron chi connectivity index (χ0n) is 16.1. The maximum atomic E-state index is 12.6. The number of carbonyl (C=O) groups is 1. The number of halogens is 1. The second kappa shape index (κ2) is 7.90. The summed E-state index contributed by atoms with van der Waals surface area (Å²) in [6.45, 7) is 12.1. The molecule has 0 amide bonds. The third-order valence-electron chi connectivity index (χ3n) is 5.50. The number of hydrogen-bond donors (Lipinski definition) is 1. The van der Waals surface area contributed by atoms with E-state index in [2.05, 4.69) is 55.1 Å². The number of benzene rings is 1.